The monoisotopic (exact) mass is 439 g/mol. The number of benzene rings is 2. The van der Waals surface area contributed by atoms with Crippen LogP contribution in [0, 0.1) is 0 Å². The second-order valence-corrected chi connectivity index (χ2v) is 10.0. The molecule has 0 N–H and O–H groups in total. The van der Waals surface area contributed by atoms with Crippen LogP contribution < -0.4 is 4.90 Å². The molecule has 4 rings (SSSR count). The van der Waals surface area contributed by atoms with E-state index in [-0.39, 0.29) is 11.4 Å². The van der Waals surface area contributed by atoms with Gasteiger partial charge in [0.05, 0.1) is 10.6 Å². The molecule has 2 aromatic carbocycles. The molecule has 1 unspecified atom stereocenters. The van der Waals surface area contributed by atoms with Gasteiger partial charge in [-0.25, -0.2) is 4.99 Å². The highest BCUT2D eigenvalue weighted by atomic mass is 35.5. The minimum absolute atomic E-state index is 0.0604. The molecule has 6 heteroatoms. The number of anilines is 1. The fraction of sp³-hybridized carbons (Fsp3) is 0.333. The number of carbonyl (C=O) groups excluding carboxylic acids is 1. The number of halogens is 1. The second-order valence-electron chi connectivity index (χ2n) is 8.61. The number of aliphatic imine (C=N–C) groups is 1. The summed E-state index contributed by atoms with van der Waals surface area (Å²) in [7, 11) is 3.88. The summed E-state index contributed by atoms with van der Waals surface area (Å²) >= 11 is 8.04. The number of amides is 1. The molecule has 0 radical (unpaired) electrons. The smallest absolute Gasteiger partial charge is 0.266 e. The number of carbonyl (C=O) groups is 1. The van der Waals surface area contributed by atoms with Crippen LogP contribution in [-0.2, 0) is 4.79 Å². The Morgan fingerprint density at radius 1 is 1.20 bits per heavy atom. The molecule has 2 aliphatic rings. The number of hydrogen-bond donors (Lipinski definition) is 0. The molecule has 0 bridgehead atoms. The number of likely N-dealkylation sites (N-methyl/N-ethyl adjacent to an activating group) is 1. The number of fused-ring (bicyclic) bond motifs is 1. The van der Waals surface area contributed by atoms with Gasteiger partial charge in [-0.1, -0.05) is 36.7 Å². The van der Waals surface area contributed by atoms with Crippen LogP contribution >= 0.6 is 23.4 Å². The molecule has 4 nitrogen and oxygen atoms in total. The number of nitrogens with zero attached hydrogens (tertiary/aromatic N) is 3. The third-order valence-electron chi connectivity index (χ3n) is 6.02. The fourth-order valence-corrected chi connectivity index (χ4v) is 5.31. The molecule has 2 heterocycles. The zero-order chi connectivity index (χ0) is 21.6. The summed E-state index contributed by atoms with van der Waals surface area (Å²) in [6.45, 7) is 6.77. The van der Waals surface area contributed by atoms with Gasteiger partial charge in [-0.15, -0.1) is 0 Å². The van der Waals surface area contributed by atoms with E-state index in [0.717, 1.165) is 17.7 Å². The molecule has 1 fully saturated rings. The van der Waals surface area contributed by atoms with Crippen molar-refractivity contribution in [3.8, 4) is 0 Å². The summed E-state index contributed by atoms with van der Waals surface area (Å²) in [4.78, 5) is 22.0. The second kappa shape index (κ2) is 7.78. The first-order valence-electron chi connectivity index (χ1n) is 10.1. The van der Waals surface area contributed by atoms with E-state index in [2.05, 4.69) is 43.8 Å². The van der Waals surface area contributed by atoms with E-state index in [9.17, 15) is 4.79 Å². The first-order chi connectivity index (χ1) is 14.2. The first-order valence-corrected chi connectivity index (χ1v) is 11.3. The summed E-state index contributed by atoms with van der Waals surface area (Å²) < 4.78 is 0. The average Bonchev–Trinajstić information content (AvgIpc) is 2.96. The normalized spacial score (nSPS) is 23.4. The Kier molecular flexibility index (Phi) is 5.45. The SMILES string of the molecule is CC1CC(C)(C)N(C)c2cc(Cl)c(/C=C3/SC(=Nc4ccccc4)N(C)C3=O)cc21. The van der Waals surface area contributed by atoms with E-state index in [1.807, 2.05) is 42.5 Å². The minimum atomic E-state index is -0.0604. The van der Waals surface area contributed by atoms with Gasteiger partial charge >= 0.3 is 0 Å². The fourth-order valence-electron chi connectivity index (χ4n) is 4.12. The highest BCUT2D eigenvalue weighted by Gasteiger charge is 2.35. The van der Waals surface area contributed by atoms with E-state index < -0.39 is 0 Å². The maximum absolute atomic E-state index is 12.8. The van der Waals surface area contributed by atoms with Gasteiger partial charge in [0.1, 0.15) is 0 Å². The first kappa shape index (κ1) is 21.0. The number of amidine groups is 1. The zero-order valence-corrected chi connectivity index (χ0v) is 19.5. The third-order valence-corrected chi connectivity index (χ3v) is 7.41. The van der Waals surface area contributed by atoms with Gasteiger partial charge in [-0.05, 0) is 79.4 Å². The van der Waals surface area contributed by atoms with Crippen molar-refractivity contribution in [1.82, 2.24) is 4.90 Å². The van der Waals surface area contributed by atoms with Gasteiger partial charge in [0.2, 0.25) is 0 Å². The average molecular weight is 440 g/mol. The lowest BCUT2D eigenvalue weighted by atomic mass is 9.80. The quantitative estimate of drug-likeness (QED) is 0.515. The van der Waals surface area contributed by atoms with Crippen LogP contribution in [-0.4, -0.2) is 35.6 Å². The van der Waals surface area contributed by atoms with Crippen molar-refractivity contribution in [2.24, 2.45) is 4.99 Å². The van der Waals surface area contributed by atoms with Gasteiger partial charge in [0, 0.05) is 30.3 Å². The molecule has 0 aromatic heterocycles. The van der Waals surface area contributed by atoms with Crippen molar-refractivity contribution < 1.29 is 4.79 Å². The standard InChI is InChI=1S/C24H26ClN3OS/c1-15-14-24(2,3)28(5)20-13-19(25)16(11-18(15)20)12-21-22(29)27(4)23(30-21)26-17-9-7-6-8-10-17/h6-13,15H,14H2,1-5H3/b21-12+,26-23?. The molecule has 0 spiro atoms. The predicted molar refractivity (Wildman–Crippen MR) is 129 cm³/mol. The van der Waals surface area contributed by atoms with E-state index in [1.165, 1.54) is 23.0 Å². The lowest BCUT2D eigenvalue weighted by Crippen LogP contribution is -2.45. The van der Waals surface area contributed by atoms with Gasteiger partial charge in [0.15, 0.2) is 5.17 Å². The minimum Gasteiger partial charge on any atom is -0.369 e. The molecule has 1 saturated heterocycles. The van der Waals surface area contributed by atoms with Crippen LogP contribution in [0.3, 0.4) is 0 Å². The van der Waals surface area contributed by atoms with Crippen LogP contribution in [0.2, 0.25) is 5.02 Å². The Hall–Kier alpha value is -2.24. The molecule has 1 amide bonds. The van der Waals surface area contributed by atoms with Crippen LogP contribution in [0.1, 0.15) is 44.2 Å². The Balaban J connectivity index is 1.70. The largest absolute Gasteiger partial charge is 0.369 e. The summed E-state index contributed by atoms with van der Waals surface area (Å²) in [5.74, 6) is 0.361. The topological polar surface area (TPSA) is 35.9 Å². The lowest BCUT2D eigenvalue weighted by molar-refractivity contribution is -0.121. The molecular formula is C24H26ClN3OS. The van der Waals surface area contributed by atoms with E-state index >= 15 is 0 Å². The summed E-state index contributed by atoms with van der Waals surface area (Å²) in [6, 6.07) is 13.8. The lowest BCUT2D eigenvalue weighted by Gasteiger charge is -2.45. The molecular weight excluding hydrogens is 414 g/mol. The molecule has 0 saturated carbocycles. The van der Waals surface area contributed by atoms with Crippen molar-refractivity contribution >= 4 is 51.9 Å². The van der Waals surface area contributed by atoms with Gasteiger partial charge < -0.3 is 4.90 Å². The molecule has 2 aromatic rings. The van der Waals surface area contributed by atoms with Crippen LogP contribution in [0.25, 0.3) is 6.08 Å². The number of rotatable bonds is 2. The van der Waals surface area contributed by atoms with Gasteiger partial charge in [-0.3, -0.25) is 9.69 Å². The van der Waals surface area contributed by atoms with Gasteiger partial charge in [-0.2, -0.15) is 0 Å². The van der Waals surface area contributed by atoms with Crippen molar-refractivity contribution in [2.75, 3.05) is 19.0 Å². The summed E-state index contributed by atoms with van der Waals surface area (Å²) in [6.07, 6.45) is 2.96. The van der Waals surface area contributed by atoms with Crippen molar-refractivity contribution in [2.45, 2.75) is 38.6 Å². The number of thioether (sulfide) groups is 1. The van der Waals surface area contributed by atoms with Crippen molar-refractivity contribution in [3.05, 3.63) is 63.5 Å². The maximum atomic E-state index is 12.8. The Morgan fingerprint density at radius 2 is 1.90 bits per heavy atom. The van der Waals surface area contributed by atoms with Crippen LogP contribution in [0.15, 0.2) is 52.4 Å². The molecule has 1 atom stereocenters. The predicted octanol–water partition coefficient (Wildman–Crippen LogP) is 6.30. The number of hydrogen-bond acceptors (Lipinski definition) is 4. The highest BCUT2D eigenvalue weighted by molar-refractivity contribution is 8.18. The van der Waals surface area contributed by atoms with Crippen molar-refractivity contribution in [3.63, 3.8) is 0 Å². The molecule has 30 heavy (non-hydrogen) atoms. The zero-order valence-electron chi connectivity index (χ0n) is 17.9. The molecule has 0 aliphatic carbocycles. The van der Waals surface area contributed by atoms with Crippen LogP contribution in [0.4, 0.5) is 11.4 Å². The number of para-hydroxylation sites is 1. The Labute approximate surface area is 187 Å². The maximum Gasteiger partial charge on any atom is 0.266 e. The van der Waals surface area contributed by atoms with E-state index in [4.69, 9.17) is 11.6 Å². The third kappa shape index (κ3) is 3.77. The highest BCUT2D eigenvalue weighted by Crippen LogP contribution is 2.45. The van der Waals surface area contributed by atoms with E-state index in [0.29, 0.717) is 21.0 Å². The molecule has 2 aliphatic heterocycles. The Bertz CT molecular complexity index is 1060. The Morgan fingerprint density at radius 3 is 2.60 bits per heavy atom. The van der Waals surface area contributed by atoms with Gasteiger partial charge in [0.25, 0.3) is 5.91 Å². The van der Waals surface area contributed by atoms with Crippen LogP contribution in [0.5, 0.6) is 0 Å². The molecule has 156 valence electrons. The van der Waals surface area contributed by atoms with Crippen molar-refractivity contribution in [1.29, 1.82) is 0 Å². The van der Waals surface area contributed by atoms with E-state index in [1.54, 1.807) is 11.9 Å². The summed E-state index contributed by atoms with van der Waals surface area (Å²) in [5.41, 5.74) is 4.22. The summed E-state index contributed by atoms with van der Waals surface area (Å²) in [5, 5.41) is 1.32.